The second-order valence-corrected chi connectivity index (χ2v) is 6.07. The maximum Gasteiger partial charge on any atom is 0.170 e. The SMILES string of the molecule is CC(C)CCN(Cc1ccc(/C(N)=N/O)cc1)C1CC1. The van der Waals surface area contributed by atoms with Crippen LogP contribution in [-0.2, 0) is 6.54 Å². The third kappa shape index (κ3) is 4.23. The van der Waals surface area contributed by atoms with Gasteiger partial charge in [-0.25, -0.2) is 0 Å². The Morgan fingerprint density at radius 2 is 2.00 bits per heavy atom. The number of amidine groups is 1. The van der Waals surface area contributed by atoms with Crippen LogP contribution in [-0.4, -0.2) is 28.5 Å². The molecule has 1 fully saturated rings. The maximum atomic E-state index is 8.66. The standard InChI is InChI=1S/C16H25N3O/c1-12(2)9-10-19(15-7-8-15)11-13-3-5-14(6-4-13)16(17)18-20/h3-6,12,15,20H,7-11H2,1-2H3,(H2,17,18). The predicted octanol–water partition coefficient (Wildman–Crippen LogP) is 2.79. The predicted molar refractivity (Wildman–Crippen MR) is 81.8 cm³/mol. The number of rotatable bonds is 7. The summed E-state index contributed by atoms with van der Waals surface area (Å²) in [6, 6.07) is 8.74. The summed E-state index contributed by atoms with van der Waals surface area (Å²) in [6.45, 7) is 6.71. The minimum absolute atomic E-state index is 0.162. The highest BCUT2D eigenvalue weighted by Crippen LogP contribution is 2.28. The molecule has 0 unspecified atom stereocenters. The van der Waals surface area contributed by atoms with Crippen molar-refractivity contribution in [3.05, 3.63) is 35.4 Å². The Balaban J connectivity index is 1.96. The van der Waals surface area contributed by atoms with E-state index in [-0.39, 0.29) is 5.84 Å². The Labute approximate surface area is 121 Å². The van der Waals surface area contributed by atoms with Crippen LogP contribution in [0, 0.1) is 5.92 Å². The Morgan fingerprint density at radius 3 is 2.50 bits per heavy atom. The average molecular weight is 275 g/mol. The average Bonchev–Trinajstić information content (AvgIpc) is 3.27. The third-order valence-corrected chi connectivity index (χ3v) is 3.80. The van der Waals surface area contributed by atoms with Crippen LogP contribution >= 0.6 is 0 Å². The zero-order valence-corrected chi connectivity index (χ0v) is 12.4. The zero-order chi connectivity index (χ0) is 14.5. The summed E-state index contributed by atoms with van der Waals surface area (Å²) in [5.41, 5.74) is 7.62. The van der Waals surface area contributed by atoms with Crippen molar-refractivity contribution < 1.29 is 5.21 Å². The second-order valence-electron chi connectivity index (χ2n) is 6.07. The minimum Gasteiger partial charge on any atom is -0.409 e. The summed E-state index contributed by atoms with van der Waals surface area (Å²) in [5, 5.41) is 11.7. The lowest BCUT2D eigenvalue weighted by molar-refractivity contribution is 0.239. The first-order valence-electron chi connectivity index (χ1n) is 7.41. The zero-order valence-electron chi connectivity index (χ0n) is 12.4. The van der Waals surface area contributed by atoms with Crippen LogP contribution in [0.4, 0.5) is 0 Å². The number of nitrogens with zero attached hydrogens (tertiary/aromatic N) is 2. The van der Waals surface area contributed by atoms with E-state index in [1.807, 2.05) is 12.1 Å². The molecule has 0 heterocycles. The summed E-state index contributed by atoms with van der Waals surface area (Å²) in [6.07, 6.45) is 3.92. The van der Waals surface area contributed by atoms with Crippen molar-refractivity contribution in [2.75, 3.05) is 6.54 Å². The smallest absolute Gasteiger partial charge is 0.170 e. The highest BCUT2D eigenvalue weighted by molar-refractivity contribution is 5.96. The molecular weight excluding hydrogens is 250 g/mol. The topological polar surface area (TPSA) is 61.8 Å². The first-order valence-corrected chi connectivity index (χ1v) is 7.41. The van der Waals surface area contributed by atoms with Gasteiger partial charge in [0.25, 0.3) is 0 Å². The van der Waals surface area contributed by atoms with Crippen molar-refractivity contribution in [3.63, 3.8) is 0 Å². The molecule has 0 aliphatic heterocycles. The molecule has 0 aromatic heterocycles. The maximum absolute atomic E-state index is 8.66. The number of hydrogen-bond donors (Lipinski definition) is 2. The highest BCUT2D eigenvalue weighted by atomic mass is 16.4. The first kappa shape index (κ1) is 14.9. The van der Waals surface area contributed by atoms with E-state index in [0.29, 0.717) is 0 Å². The van der Waals surface area contributed by atoms with E-state index in [0.717, 1.165) is 24.1 Å². The van der Waals surface area contributed by atoms with E-state index in [9.17, 15) is 0 Å². The van der Waals surface area contributed by atoms with Crippen LogP contribution in [0.2, 0.25) is 0 Å². The Kier molecular flexibility index (Phi) is 5.01. The monoisotopic (exact) mass is 275 g/mol. The molecule has 0 atom stereocenters. The Bertz CT molecular complexity index is 449. The molecule has 1 aromatic carbocycles. The van der Waals surface area contributed by atoms with Crippen LogP contribution in [0.5, 0.6) is 0 Å². The first-order chi connectivity index (χ1) is 9.60. The minimum atomic E-state index is 0.162. The quantitative estimate of drug-likeness (QED) is 0.348. The van der Waals surface area contributed by atoms with Gasteiger partial charge in [-0.3, -0.25) is 4.90 Å². The second kappa shape index (κ2) is 6.75. The van der Waals surface area contributed by atoms with Crippen molar-refractivity contribution in [3.8, 4) is 0 Å². The van der Waals surface area contributed by atoms with Crippen molar-refractivity contribution in [1.82, 2.24) is 4.90 Å². The molecule has 4 heteroatoms. The van der Waals surface area contributed by atoms with Gasteiger partial charge in [-0.05, 0) is 37.3 Å². The van der Waals surface area contributed by atoms with E-state index < -0.39 is 0 Å². The molecule has 0 bridgehead atoms. The van der Waals surface area contributed by atoms with Crippen molar-refractivity contribution in [1.29, 1.82) is 0 Å². The van der Waals surface area contributed by atoms with E-state index in [2.05, 4.69) is 36.0 Å². The van der Waals surface area contributed by atoms with E-state index in [4.69, 9.17) is 10.9 Å². The molecule has 2 rings (SSSR count). The van der Waals surface area contributed by atoms with Gasteiger partial charge in [0.1, 0.15) is 0 Å². The molecule has 3 N–H and O–H groups in total. The molecule has 0 spiro atoms. The molecular formula is C16H25N3O. The highest BCUT2D eigenvalue weighted by Gasteiger charge is 2.28. The molecule has 20 heavy (non-hydrogen) atoms. The largest absolute Gasteiger partial charge is 0.409 e. The summed E-state index contributed by atoms with van der Waals surface area (Å²) < 4.78 is 0. The number of nitrogens with two attached hydrogens (primary N) is 1. The van der Waals surface area contributed by atoms with Gasteiger partial charge in [0.15, 0.2) is 5.84 Å². The van der Waals surface area contributed by atoms with Crippen molar-refractivity contribution in [2.24, 2.45) is 16.8 Å². The van der Waals surface area contributed by atoms with Crippen molar-refractivity contribution in [2.45, 2.75) is 45.7 Å². The Hall–Kier alpha value is -1.55. The van der Waals surface area contributed by atoms with Gasteiger partial charge in [0, 0.05) is 18.2 Å². The lowest BCUT2D eigenvalue weighted by Gasteiger charge is -2.23. The number of hydrogen-bond acceptors (Lipinski definition) is 3. The number of benzene rings is 1. The molecule has 1 saturated carbocycles. The molecule has 0 amide bonds. The molecule has 0 radical (unpaired) electrons. The molecule has 0 saturated heterocycles. The van der Waals surface area contributed by atoms with E-state index >= 15 is 0 Å². The van der Waals surface area contributed by atoms with Gasteiger partial charge in [-0.15, -0.1) is 0 Å². The van der Waals surface area contributed by atoms with Crippen molar-refractivity contribution >= 4 is 5.84 Å². The molecule has 1 aliphatic rings. The van der Waals surface area contributed by atoms with Crippen LogP contribution in [0.25, 0.3) is 0 Å². The summed E-state index contributed by atoms with van der Waals surface area (Å²) in [5.74, 6) is 0.912. The molecule has 110 valence electrons. The van der Waals surface area contributed by atoms with Crippen LogP contribution in [0.15, 0.2) is 29.4 Å². The Morgan fingerprint density at radius 1 is 1.35 bits per heavy atom. The fourth-order valence-electron chi connectivity index (χ4n) is 2.33. The lowest BCUT2D eigenvalue weighted by atomic mass is 10.1. The normalized spacial score (nSPS) is 16.1. The van der Waals surface area contributed by atoms with Gasteiger partial charge in [0.2, 0.25) is 0 Å². The number of oxime groups is 1. The van der Waals surface area contributed by atoms with Crippen LogP contribution < -0.4 is 5.73 Å². The van der Waals surface area contributed by atoms with Gasteiger partial charge >= 0.3 is 0 Å². The van der Waals surface area contributed by atoms with Gasteiger partial charge in [0.05, 0.1) is 0 Å². The van der Waals surface area contributed by atoms with E-state index in [1.54, 1.807) is 0 Å². The van der Waals surface area contributed by atoms with Gasteiger partial charge in [-0.2, -0.15) is 0 Å². The lowest BCUT2D eigenvalue weighted by Crippen LogP contribution is -2.27. The van der Waals surface area contributed by atoms with Gasteiger partial charge in [-0.1, -0.05) is 43.3 Å². The fraction of sp³-hybridized carbons (Fsp3) is 0.562. The van der Waals surface area contributed by atoms with E-state index in [1.165, 1.54) is 31.4 Å². The molecule has 1 aliphatic carbocycles. The summed E-state index contributed by atoms with van der Waals surface area (Å²) in [4.78, 5) is 2.58. The molecule has 1 aromatic rings. The van der Waals surface area contributed by atoms with Gasteiger partial charge < -0.3 is 10.9 Å². The fourth-order valence-corrected chi connectivity index (χ4v) is 2.33. The summed E-state index contributed by atoms with van der Waals surface area (Å²) in [7, 11) is 0. The summed E-state index contributed by atoms with van der Waals surface area (Å²) >= 11 is 0. The third-order valence-electron chi connectivity index (χ3n) is 3.80. The van der Waals surface area contributed by atoms with Crippen LogP contribution in [0.1, 0.15) is 44.2 Å². The molecule has 4 nitrogen and oxygen atoms in total. The van der Waals surface area contributed by atoms with Crippen LogP contribution in [0.3, 0.4) is 0 Å².